The lowest BCUT2D eigenvalue weighted by molar-refractivity contribution is -0.0131. The van der Waals surface area contributed by atoms with E-state index in [1.54, 1.807) is 0 Å². The lowest BCUT2D eigenvalue weighted by Crippen LogP contribution is -2.32. The van der Waals surface area contributed by atoms with E-state index in [1.807, 2.05) is 0 Å². The zero-order chi connectivity index (χ0) is 11.7. The summed E-state index contributed by atoms with van der Waals surface area (Å²) in [7, 11) is 0. The van der Waals surface area contributed by atoms with E-state index in [2.05, 4.69) is 39.5 Å². The Morgan fingerprint density at radius 1 is 0.933 bits per heavy atom. The minimum Gasteiger partial charge on any atom is -0.375 e. The lowest BCUT2D eigenvalue weighted by atomic mass is 10.2. The summed E-state index contributed by atoms with van der Waals surface area (Å²) in [6.45, 7) is 15.2. The van der Waals surface area contributed by atoms with E-state index in [4.69, 9.17) is 4.74 Å². The Labute approximate surface area is 96.0 Å². The molecule has 2 nitrogen and oxygen atoms in total. The Bertz CT molecular complexity index is 140. The molecule has 0 amide bonds. The maximum Gasteiger partial charge on any atom is 0.0600 e. The largest absolute Gasteiger partial charge is 0.375 e. The molecule has 0 fully saturated rings. The first-order valence-electron chi connectivity index (χ1n) is 6.36. The summed E-state index contributed by atoms with van der Waals surface area (Å²) >= 11 is 0. The van der Waals surface area contributed by atoms with Crippen LogP contribution >= 0.6 is 0 Å². The molecule has 0 aliphatic heterocycles. The molecule has 0 aromatic rings. The summed E-state index contributed by atoms with van der Waals surface area (Å²) in [6.07, 6.45) is 3.81. The van der Waals surface area contributed by atoms with Crippen LogP contribution in [0.15, 0.2) is 0 Å². The first-order chi connectivity index (χ1) is 6.99. The van der Waals surface area contributed by atoms with Crippen molar-refractivity contribution in [1.29, 1.82) is 0 Å². The minimum atomic E-state index is 0.00262. The van der Waals surface area contributed by atoms with Crippen LogP contribution in [0.1, 0.15) is 53.9 Å². The van der Waals surface area contributed by atoms with Crippen molar-refractivity contribution in [3.8, 4) is 0 Å². The molecular formula is C13H29NO. The van der Waals surface area contributed by atoms with Gasteiger partial charge in [-0.3, -0.25) is 0 Å². The van der Waals surface area contributed by atoms with Crippen LogP contribution in [0.5, 0.6) is 0 Å². The third-order valence-electron chi connectivity index (χ3n) is 2.31. The van der Waals surface area contributed by atoms with Gasteiger partial charge in [-0.2, -0.15) is 0 Å². The molecule has 0 N–H and O–H groups in total. The molecule has 0 aromatic heterocycles. The minimum absolute atomic E-state index is 0.00262. The average molecular weight is 215 g/mol. The summed E-state index contributed by atoms with van der Waals surface area (Å²) in [5.41, 5.74) is 0.00262. The molecule has 0 saturated carbocycles. The first-order valence-corrected chi connectivity index (χ1v) is 6.36. The molecule has 0 unspecified atom stereocenters. The highest BCUT2D eigenvalue weighted by atomic mass is 16.5. The van der Waals surface area contributed by atoms with Gasteiger partial charge in [-0.15, -0.1) is 0 Å². The van der Waals surface area contributed by atoms with Gasteiger partial charge in [-0.05, 0) is 46.7 Å². The standard InChI is InChI=1S/C13H29NO/c1-6-8-10-14(9-7-2)11-12-15-13(3,4)5/h6-12H2,1-5H3. The van der Waals surface area contributed by atoms with E-state index < -0.39 is 0 Å². The second-order valence-corrected chi connectivity index (χ2v) is 5.16. The number of rotatable bonds is 8. The zero-order valence-corrected chi connectivity index (χ0v) is 11.3. The lowest BCUT2D eigenvalue weighted by Gasteiger charge is -2.25. The average Bonchev–Trinajstić information content (AvgIpc) is 2.12. The van der Waals surface area contributed by atoms with Crippen molar-refractivity contribution in [2.24, 2.45) is 0 Å². The van der Waals surface area contributed by atoms with Crippen LogP contribution in [0.4, 0.5) is 0 Å². The molecule has 0 spiro atoms. The summed E-state index contributed by atoms with van der Waals surface area (Å²) < 4.78 is 5.74. The van der Waals surface area contributed by atoms with E-state index >= 15 is 0 Å². The van der Waals surface area contributed by atoms with Crippen LogP contribution in [0.25, 0.3) is 0 Å². The maximum atomic E-state index is 5.74. The van der Waals surface area contributed by atoms with Gasteiger partial charge in [0.1, 0.15) is 0 Å². The quantitative estimate of drug-likeness (QED) is 0.616. The summed E-state index contributed by atoms with van der Waals surface area (Å²) in [6, 6.07) is 0. The van der Waals surface area contributed by atoms with E-state index in [1.165, 1.54) is 32.4 Å². The third-order valence-corrected chi connectivity index (χ3v) is 2.31. The smallest absolute Gasteiger partial charge is 0.0600 e. The summed E-state index contributed by atoms with van der Waals surface area (Å²) in [5, 5.41) is 0. The predicted molar refractivity (Wildman–Crippen MR) is 67.3 cm³/mol. The van der Waals surface area contributed by atoms with Crippen molar-refractivity contribution in [2.75, 3.05) is 26.2 Å². The molecule has 92 valence electrons. The Balaban J connectivity index is 3.65. The Kier molecular flexibility index (Phi) is 8.07. The van der Waals surface area contributed by atoms with Gasteiger partial charge in [-0.1, -0.05) is 20.3 Å². The van der Waals surface area contributed by atoms with Crippen LogP contribution in [-0.4, -0.2) is 36.7 Å². The predicted octanol–water partition coefficient (Wildman–Crippen LogP) is 3.31. The van der Waals surface area contributed by atoms with Gasteiger partial charge in [0.05, 0.1) is 12.2 Å². The van der Waals surface area contributed by atoms with E-state index in [0.29, 0.717) is 0 Å². The molecule has 0 aromatic carbocycles. The molecule has 0 rings (SSSR count). The van der Waals surface area contributed by atoms with Crippen LogP contribution in [-0.2, 0) is 4.74 Å². The van der Waals surface area contributed by atoms with E-state index in [0.717, 1.165) is 13.2 Å². The van der Waals surface area contributed by atoms with Gasteiger partial charge in [0.25, 0.3) is 0 Å². The highest BCUT2D eigenvalue weighted by molar-refractivity contribution is 4.61. The molecule has 0 aliphatic rings. The Hall–Kier alpha value is -0.0800. The number of hydrogen-bond acceptors (Lipinski definition) is 2. The van der Waals surface area contributed by atoms with Crippen molar-refractivity contribution >= 4 is 0 Å². The molecule has 0 aliphatic carbocycles. The van der Waals surface area contributed by atoms with Gasteiger partial charge in [0, 0.05) is 6.54 Å². The highest BCUT2D eigenvalue weighted by Crippen LogP contribution is 2.06. The molecule has 15 heavy (non-hydrogen) atoms. The van der Waals surface area contributed by atoms with Gasteiger partial charge in [0.15, 0.2) is 0 Å². The normalized spacial score (nSPS) is 12.4. The fourth-order valence-corrected chi connectivity index (χ4v) is 1.51. The molecule has 0 radical (unpaired) electrons. The van der Waals surface area contributed by atoms with Gasteiger partial charge < -0.3 is 9.64 Å². The molecule has 0 saturated heterocycles. The van der Waals surface area contributed by atoms with E-state index in [9.17, 15) is 0 Å². The molecular weight excluding hydrogens is 186 g/mol. The Morgan fingerprint density at radius 2 is 1.60 bits per heavy atom. The maximum absolute atomic E-state index is 5.74. The topological polar surface area (TPSA) is 12.5 Å². The van der Waals surface area contributed by atoms with Crippen LogP contribution < -0.4 is 0 Å². The zero-order valence-electron chi connectivity index (χ0n) is 11.3. The van der Waals surface area contributed by atoms with Crippen LogP contribution in [0.3, 0.4) is 0 Å². The molecule has 2 heteroatoms. The van der Waals surface area contributed by atoms with Crippen molar-refractivity contribution in [1.82, 2.24) is 4.90 Å². The van der Waals surface area contributed by atoms with Crippen LogP contribution in [0.2, 0.25) is 0 Å². The molecule has 0 atom stereocenters. The SMILES string of the molecule is CCCCN(CCC)CCOC(C)(C)C. The highest BCUT2D eigenvalue weighted by Gasteiger charge is 2.10. The van der Waals surface area contributed by atoms with Crippen LogP contribution in [0, 0.1) is 0 Å². The molecule has 0 bridgehead atoms. The third kappa shape index (κ3) is 10.2. The number of hydrogen-bond donors (Lipinski definition) is 0. The second-order valence-electron chi connectivity index (χ2n) is 5.16. The number of ether oxygens (including phenoxy) is 1. The summed E-state index contributed by atoms with van der Waals surface area (Å²) in [5.74, 6) is 0. The molecule has 0 heterocycles. The summed E-state index contributed by atoms with van der Waals surface area (Å²) in [4.78, 5) is 2.51. The number of nitrogens with zero attached hydrogens (tertiary/aromatic N) is 1. The Morgan fingerprint density at radius 3 is 2.07 bits per heavy atom. The fraction of sp³-hybridized carbons (Fsp3) is 1.00. The van der Waals surface area contributed by atoms with Gasteiger partial charge >= 0.3 is 0 Å². The fourth-order valence-electron chi connectivity index (χ4n) is 1.51. The second kappa shape index (κ2) is 8.12. The van der Waals surface area contributed by atoms with Gasteiger partial charge in [-0.25, -0.2) is 0 Å². The van der Waals surface area contributed by atoms with E-state index in [-0.39, 0.29) is 5.60 Å². The monoisotopic (exact) mass is 215 g/mol. The van der Waals surface area contributed by atoms with Crippen molar-refractivity contribution < 1.29 is 4.74 Å². The van der Waals surface area contributed by atoms with Crippen molar-refractivity contribution in [3.63, 3.8) is 0 Å². The number of unbranched alkanes of at least 4 members (excludes halogenated alkanes) is 1. The van der Waals surface area contributed by atoms with Crippen molar-refractivity contribution in [3.05, 3.63) is 0 Å². The van der Waals surface area contributed by atoms with Gasteiger partial charge in [0.2, 0.25) is 0 Å². The van der Waals surface area contributed by atoms with Crippen molar-refractivity contribution in [2.45, 2.75) is 59.5 Å². The first kappa shape index (κ1) is 14.9.